The van der Waals surface area contributed by atoms with E-state index < -0.39 is 0 Å². The summed E-state index contributed by atoms with van der Waals surface area (Å²) in [4.78, 5) is 12.0. The van der Waals surface area contributed by atoms with Gasteiger partial charge in [0.2, 0.25) is 0 Å². The largest absolute Gasteiger partial charge is 0.483 e. The van der Waals surface area contributed by atoms with E-state index in [0.29, 0.717) is 17.2 Å². The molecule has 5 heteroatoms. The molecule has 1 atom stereocenters. The molecule has 0 unspecified atom stereocenters. The number of hydrogen-bond acceptors (Lipinski definition) is 3. The Bertz CT molecular complexity index is 686. The zero-order valence-electron chi connectivity index (χ0n) is 13.9. The van der Waals surface area contributed by atoms with Gasteiger partial charge in [-0.05, 0) is 48.2 Å². The van der Waals surface area contributed by atoms with Gasteiger partial charge in [0.05, 0.1) is 6.61 Å². The maximum atomic E-state index is 12.0. The normalized spacial score (nSPS) is 11.8. The molecule has 128 valence electrons. The average Bonchev–Trinajstić information content (AvgIpc) is 2.60. The van der Waals surface area contributed by atoms with Crippen molar-refractivity contribution in [1.29, 1.82) is 0 Å². The minimum Gasteiger partial charge on any atom is -0.483 e. The standard InChI is InChI=1S/C19H22BrNO3/c1-3-13(2)14-4-7-17(8-5-14)21-19(23)12-24-18-9-6-16(20)10-15(18)11-22/h4-10,13,22H,3,11-12H2,1-2H3,(H,21,23)/t13-/m1/s1. The van der Waals surface area contributed by atoms with Crippen LogP contribution in [-0.2, 0) is 11.4 Å². The summed E-state index contributed by atoms with van der Waals surface area (Å²) in [6.45, 7) is 4.08. The van der Waals surface area contributed by atoms with Gasteiger partial charge in [-0.2, -0.15) is 0 Å². The first-order valence-corrected chi connectivity index (χ1v) is 8.74. The highest BCUT2D eigenvalue weighted by Gasteiger charge is 2.08. The summed E-state index contributed by atoms with van der Waals surface area (Å²) in [5.74, 6) is 0.772. The quantitative estimate of drug-likeness (QED) is 0.731. The lowest BCUT2D eigenvalue weighted by atomic mass is 9.99. The maximum absolute atomic E-state index is 12.0. The Morgan fingerprint density at radius 3 is 2.58 bits per heavy atom. The lowest BCUT2D eigenvalue weighted by Crippen LogP contribution is -2.20. The van der Waals surface area contributed by atoms with E-state index in [1.54, 1.807) is 18.2 Å². The number of halogens is 1. The molecule has 2 N–H and O–H groups in total. The SMILES string of the molecule is CC[C@@H](C)c1ccc(NC(=O)COc2ccc(Br)cc2CO)cc1. The summed E-state index contributed by atoms with van der Waals surface area (Å²) in [5, 5.41) is 12.1. The number of nitrogens with one attached hydrogen (secondary N) is 1. The molecule has 2 aromatic carbocycles. The molecule has 0 saturated carbocycles. The number of carbonyl (C=O) groups is 1. The minimum absolute atomic E-state index is 0.109. The van der Waals surface area contributed by atoms with Crippen LogP contribution in [0.15, 0.2) is 46.9 Å². The molecule has 1 amide bonds. The summed E-state index contributed by atoms with van der Waals surface area (Å²) in [5.41, 5.74) is 2.64. The monoisotopic (exact) mass is 391 g/mol. The van der Waals surface area contributed by atoms with E-state index in [0.717, 1.165) is 16.6 Å². The molecule has 0 aliphatic rings. The van der Waals surface area contributed by atoms with Crippen molar-refractivity contribution < 1.29 is 14.6 Å². The zero-order valence-corrected chi connectivity index (χ0v) is 15.5. The molecule has 0 aliphatic heterocycles. The molecular formula is C19H22BrNO3. The number of carbonyl (C=O) groups excluding carboxylic acids is 1. The van der Waals surface area contributed by atoms with Crippen molar-refractivity contribution in [2.24, 2.45) is 0 Å². The van der Waals surface area contributed by atoms with Crippen LogP contribution in [0, 0.1) is 0 Å². The third kappa shape index (κ3) is 5.08. The Morgan fingerprint density at radius 2 is 1.96 bits per heavy atom. The Morgan fingerprint density at radius 1 is 1.25 bits per heavy atom. The van der Waals surface area contributed by atoms with Crippen molar-refractivity contribution in [2.45, 2.75) is 32.8 Å². The minimum atomic E-state index is -0.238. The van der Waals surface area contributed by atoms with Crippen LogP contribution in [0.1, 0.15) is 37.3 Å². The van der Waals surface area contributed by atoms with E-state index in [9.17, 15) is 9.90 Å². The highest BCUT2D eigenvalue weighted by molar-refractivity contribution is 9.10. The van der Waals surface area contributed by atoms with Crippen LogP contribution in [0.25, 0.3) is 0 Å². The van der Waals surface area contributed by atoms with Crippen molar-refractivity contribution in [1.82, 2.24) is 0 Å². The number of aliphatic hydroxyl groups excluding tert-OH is 1. The fraction of sp³-hybridized carbons (Fsp3) is 0.316. The lowest BCUT2D eigenvalue weighted by Gasteiger charge is -2.12. The Labute approximate surface area is 151 Å². The molecule has 0 heterocycles. The van der Waals surface area contributed by atoms with E-state index in [2.05, 4.69) is 35.1 Å². The second-order valence-corrected chi connectivity index (χ2v) is 6.59. The first-order valence-electron chi connectivity index (χ1n) is 7.95. The Hall–Kier alpha value is -1.85. The van der Waals surface area contributed by atoms with Crippen LogP contribution in [-0.4, -0.2) is 17.6 Å². The van der Waals surface area contributed by atoms with Crippen LogP contribution in [0.2, 0.25) is 0 Å². The van der Waals surface area contributed by atoms with E-state index in [1.165, 1.54) is 5.56 Å². The number of anilines is 1. The van der Waals surface area contributed by atoms with Crippen molar-refractivity contribution in [3.8, 4) is 5.75 Å². The van der Waals surface area contributed by atoms with Gasteiger partial charge in [0.25, 0.3) is 5.91 Å². The van der Waals surface area contributed by atoms with Gasteiger partial charge < -0.3 is 15.2 Å². The number of aliphatic hydroxyl groups is 1. The number of ether oxygens (including phenoxy) is 1. The van der Waals surface area contributed by atoms with E-state index in [4.69, 9.17) is 4.74 Å². The molecule has 4 nitrogen and oxygen atoms in total. The van der Waals surface area contributed by atoms with E-state index in [-0.39, 0.29) is 19.1 Å². The van der Waals surface area contributed by atoms with Gasteiger partial charge in [-0.3, -0.25) is 4.79 Å². The maximum Gasteiger partial charge on any atom is 0.262 e. The topological polar surface area (TPSA) is 58.6 Å². The van der Waals surface area contributed by atoms with Crippen molar-refractivity contribution in [2.75, 3.05) is 11.9 Å². The number of benzene rings is 2. The summed E-state index contributed by atoms with van der Waals surface area (Å²) >= 11 is 3.34. The predicted molar refractivity (Wildman–Crippen MR) is 99.3 cm³/mol. The second kappa shape index (κ2) is 8.85. The third-order valence-electron chi connectivity index (χ3n) is 3.93. The van der Waals surface area contributed by atoms with Crippen LogP contribution >= 0.6 is 15.9 Å². The van der Waals surface area contributed by atoms with Gasteiger partial charge in [-0.15, -0.1) is 0 Å². The van der Waals surface area contributed by atoms with Gasteiger partial charge in [0.15, 0.2) is 6.61 Å². The molecule has 24 heavy (non-hydrogen) atoms. The lowest BCUT2D eigenvalue weighted by molar-refractivity contribution is -0.118. The van der Waals surface area contributed by atoms with Crippen LogP contribution in [0.4, 0.5) is 5.69 Å². The smallest absolute Gasteiger partial charge is 0.262 e. The van der Waals surface area contributed by atoms with Gasteiger partial charge in [0.1, 0.15) is 5.75 Å². The molecule has 0 bridgehead atoms. The summed E-state index contributed by atoms with van der Waals surface area (Å²) < 4.78 is 6.36. The first kappa shape index (κ1) is 18.5. The highest BCUT2D eigenvalue weighted by atomic mass is 79.9. The molecule has 2 aromatic rings. The van der Waals surface area contributed by atoms with Crippen molar-refractivity contribution in [3.63, 3.8) is 0 Å². The molecular weight excluding hydrogens is 370 g/mol. The second-order valence-electron chi connectivity index (χ2n) is 5.68. The number of hydrogen-bond donors (Lipinski definition) is 2. The predicted octanol–water partition coefficient (Wildman–Crippen LogP) is 4.47. The van der Waals surface area contributed by atoms with E-state index in [1.807, 2.05) is 24.3 Å². The highest BCUT2D eigenvalue weighted by Crippen LogP contribution is 2.23. The van der Waals surface area contributed by atoms with Gasteiger partial charge >= 0.3 is 0 Å². The van der Waals surface area contributed by atoms with E-state index >= 15 is 0 Å². The molecule has 0 saturated heterocycles. The summed E-state index contributed by atoms with van der Waals surface area (Å²) in [6, 6.07) is 13.2. The van der Waals surface area contributed by atoms with Crippen molar-refractivity contribution >= 4 is 27.5 Å². The first-order chi connectivity index (χ1) is 11.5. The summed E-state index contributed by atoms with van der Waals surface area (Å²) in [6.07, 6.45) is 1.08. The van der Waals surface area contributed by atoms with Crippen LogP contribution < -0.4 is 10.1 Å². The number of rotatable bonds is 7. The van der Waals surface area contributed by atoms with Crippen LogP contribution in [0.5, 0.6) is 5.75 Å². The van der Waals surface area contributed by atoms with Gasteiger partial charge in [0, 0.05) is 15.7 Å². The summed E-state index contributed by atoms with van der Waals surface area (Å²) in [7, 11) is 0. The zero-order chi connectivity index (χ0) is 17.5. The van der Waals surface area contributed by atoms with Gasteiger partial charge in [-0.1, -0.05) is 41.9 Å². The molecule has 0 radical (unpaired) electrons. The molecule has 0 fully saturated rings. The third-order valence-corrected chi connectivity index (χ3v) is 4.42. The molecule has 0 aliphatic carbocycles. The fourth-order valence-electron chi connectivity index (χ4n) is 2.28. The van der Waals surface area contributed by atoms with Gasteiger partial charge in [-0.25, -0.2) is 0 Å². The molecule has 0 aromatic heterocycles. The Kier molecular flexibility index (Phi) is 6.82. The average molecular weight is 392 g/mol. The fourth-order valence-corrected chi connectivity index (χ4v) is 2.69. The Balaban J connectivity index is 1.92. The molecule has 2 rings (SSSR count). The number of amides is 1. The molecule has 0 spiro atoms. The van der Waals surface area contributed by atoms with Crippen molar-refractivity contribution in [3.05, 3.63) is 58.1 Å². The van der Waals surface area contributed by atoms with Crippen LogP contribution in [0.3, 0.4) is 0 Å².